The van der Waals surface area contributed by atoms with Crippen molar-refractivity contribution in [2.24, 2.45) is 0 Å². The van der Waals surface area contributed by atoms with E-state index >= 15 is 0 Å². The second-order valence-corrected chi connectivity index (χ2v) is 4.18. The lowest BCUT2D eigenvalue weighted by Gasteiger charge is -2.13. The van der Waals surface area contributed by atoms with Crippen molar-refractivity contribution < 1.29 is 9.53 Å². The fourth-order valence-corrected chi connectivity index (χ4v) is 1.91. The number of nitrogen functional groups attached to an aromatic ring is 1. The Kier molecular flexibility index (Phi) is 3.80. The fraction of sp³-hybridized carbons (Fsp3) is 0.200. The third kappa shape index (κ3) is 2.57. The van der Waals surface area contributed by atoms with Gasteiger partial charge in [-0.05, 0) is 31.0 Å². The quantitative estimate of drug-likeness (QED) is 0.677. The molecular weight excluding hydrogens is 240 g/mol. The van der Waals surface area contributed by atoms with Gasteiger partial charge >= 0.3 is 5.97 Å². The zero-order chi connectivity index (χ0) is 13.8. The van der Waals surface area contributed by atoms with E-state index in [1.54, 1.807) is 19.3 Å². The molecule has 2 rings (SSSR count). The summed E-state index contributed by atoms with van der Waals surface area (Å²) >= 11 is 0. The van der Waals surface area contributed by atoms with E-state index in [-0.39, 0.29) is 0 Å². The highest BCUT2D eigenvalue weighted by molar-refractivity contribution is 6.03. The molecule has 1 heterocycles. The van der Waals surface area contributed by atoms with Gasteiger partial charge in [-0.25, -0.2) is 4.79 Å². The maximum absolute atomic E-state index is 12.1. The molecule has 0 unspecified atom stereocenters. The SMILES string of the molecule is CCOC(=O)c1c(-c2cccnc2)ccc(C)c1N. The summed E-state index contributed by atoms with van der Waals surface area (Å²) in [4.78, 5) is 16.2. The number of pyridine rings is 1. The Hall–Kier alpha value is -2.36. The van der Waals surface area contributed by atoms with Gasteiger partial charge in [-0.2, -0.15) is 0 Å². The second-order valence-electron chi connectivity index (χ2n) is 4.18. The summed E-state index contributed by atoms with van der Waals surface area (Å²) in [6.45, 7) is 3.96. The molecule has 0 aliphatic carbocycles. The number of hydrogen-bond donors (Lipinski definition) is 1. The average Bonchev–Trinajstić information content (AvgIpc) is 2.42. The van der Waals surface area contributed by atoms with E-state index in [1.807, 2.05) is 31.2 Å². The van der Waals surface area contributed by atoms with Crippen LogP contribution in [0.25, 0.3) is 11.1 Å². The first-order valence-corrected chi connectivity index (χ1v) is 6.11. The van der Waals surface area contributed by atoms with E-state index in [9.17, 15) is 4.79 Å². The number of aromatic nitrogens is 1. The molecule has 0 aliphatic rings. The summed E-state index contributed by atoms with van der Waals surface area (Å²) in [5.41, 5.74) is 9.35. The highest BCUT2D eigenvalue weighted by Crippen LogP contribution is 2.30. The second kappa shape index (κ2) is 5.52. The molecule has 0 bridgehead atoms. The topological polar surface area (TPSA) is 65.2 Å². The normalized spacial score (nSPS) is 10.2. The molecule has 2 aromatic rings. The number of benzene rings is 1. The largest absolute Gasteiger partial charge is 0.462 e. The molecule has 1 aromatic carbocycles. The van der Waals surface area contributed by atoms with Crippen LogP contribution in [0.2, 0.25) is 0 Å². The van der Waals surface area contributed by atoms with Crippen LogP contribution >= 0.6 is 0 Å². The van der Waals surface area contributed by atoms with Gasteiger partial charge in [0.2, 0.25) is 0 Å². The van der Waals surface area contributed by atoms with Gasteiger partial charge in [-0.3, -0.25) is 4.98 Å². The van der Waals surface area contributed by atoms with Crippen LogP contribution in [0, 0.1) is 6.92 Å². The molecule has 0 spiro atoms. The highest BCUT2D eigenvalue weighted by atomic mass is 16.5. The van der Waals surface area contributed by atoms with Crippen molar-refractivity contribution in [3.63, 3.8) is 0 Å². The van der Waals surface area contributed by atoms with Crippen LogP contribution in [0.5, 0.6) is 0 Å². The van der Waals surface area contributed by atoms with Gasteiger partial charge in [0.1, 0.15) is 0 Å². The average molecular weight is 256 g/mol. The number of rotatable bonds is 3. The van der Waals surface area contributed by atoms with Crippen molar-refractivity contribution in [2.45, 2.75) is 13.8 Å². The minimum Gasteiger partial charge on any atom is -0.462 e. The van der Waals surface area contributed by atoms with Crippen molar-refractivity contribution in [1.82, 2.24) is 4.98 Å². The predicted octanol–water partition coefficient (Wildman–Crippen LogP) is 2.82. The number of hydrogen-bond acceptors (Lipinski definition) is 4. The first-order chi connectivity index (χ1) is 9.15. The van der Waals surface area contributed by atoms with E-state index < -0.39 is 5.97 Å². The van der Waals surface area contributed by atoms with Gasteiger partial charge in [0, 0.05) is 23.6 Å². The molecular formula is C15H16N2O2. The number of carbonyl (C=O) groups is 1. The maximum Gasteiger partial charge on any atom is 0.340 e. The maximum atomic E-state index is 12.1. The molecule has 0 saturated heterocycles. The van der Waals surface area contributed by atoms with Crippen LogP contribution in [-0.4, -0.2) is 17.6 Å². The van der Waals surface area contributed by atoms with Gasteiger partial charge in [0.25, 0.3) is 0 Å². The molecule has 0 aliphatic heterocycles. The number of esters is 1. The van der Waals surface area contributed by atoms with Crippen molar-refractivity contribution in [2.75, 3.05) is 12.3 Å². The summed E-state index contributed by atoms with van der Waals surface area (Å²) in [7, 11) is 0. The summed E-state index contributed by atoms with van der Waals surface area (Å²) in [5.74, 6) is -0.400. The number of nitrogens with zero attached hydrogens (tertiary/aromatic N) is 1. The number of aryl methyl sites for hydroxylation is 1. The Morgan fingerprint density at radius 1 is 1.37 bits per heavy atom. The third-order valence-electron chi connectivity index (χ3n) is 2.92. The summed E-state index contributed by atoms with van der Waals surface area (Å²) in [6, 6.07) is 7.47. The first-order valence-electron chi connectivity index (χ1n) is 6.11. The Morgan fingerprint density at radius 3 is 2.79 bits per heavy atom. The van der Waals surface area contributed by atoms with Crippen molar-refractivity contribution in [3.05, 3.63) is 47.8 Å². The molecule has 0 atom stereocenters. The van der Waals surface area contributed by atoms with E-state index in [0.29, 0.717) is 17.9 Å². The monoisotopic (exact) mass is 256 g/mol. The Morgan fingerprint density at radius 2 is 2.16 bits per heavy atom. The number of ether oxygens (including phenoxy) is 1. The molecule has 0 radical (unpaired) electrons. The van der Waals surface area contributed by atoms with E-state index in [2.05, 4.69) is 4.98 Å². The van der Waals surface area contributed by atoms with Crippen LogP contribution in [0.15, 0.2) is 36.7 Å². The number of nitrogens with two attached hydrogens (primary N) is 1. The van der Waals surface area contributed by atoms with Gasteiger partial charge in [-0.1, -0.05) is 18.2 Å². The van der Waals surface area contributed by atoms with E-state index in [4.69, 9.17) is 10.5 Å². The minimum atomic E-state index is -0.400. The standard InChI is InChI=1S/C15H16N2O2/c1-3-19-15(18)13-12(7-6-10(2)14(13)16)11-5-4-8-17-9-11/h4-9H,3,16H2,1-2H3. The first kappa shape index (κ1) is 13.1. The lowest BCUT2D eigenvalue weighted by molar-refractivity contribution is 0.0528. The van der Waals surface area contributed by atoms with Crippen molar-refractivity contribution >= 4 is 11.7 Å². The summed E-state index contributed by atoms with van der Waals surface area (Å²) in [6.07, 6.45) is 3.39. The van der Waals surface area contributed by atoms with Crippen LogP contribution in [-0.2, 0) is 4.74 Å². The number of anilines is 1. The fourth-order valence-electron chi connectivity index (χ4n) is 1.91. The molecule has 98 valence electrons. The molecule has 0 amide bonds. The summed E-state index contributed by atoms with van der Waals surface area (Å²) < 4.78 is 5.09. The van der Waals surface area contributed by atoms with Crippen molar-refractivity contribution in [1.29, 1.82) is 0 Å². The van der Waals surface area contributed by atoms with Crippen molar-refractivity contribution in [3.8, 4) is 11.1 Å². The molecule has 1 aromatic heterocycles. The molecule has 0 fully saturated rings. The van der Waals surface area contributed by atoms with Crippen LogP contribution < -0.4 is 5.73 Å². The Bertz CT molecular complexity index is 595. The van der Waals surface area contributed by atoms with Gasteiger partial charge in [0.15, 0.2) is 0 Å². The molecule has 0 saturated carbocycles. The molecule has 2 N–H and O–H groups in total. The van der Waals surface area contributed by atoms with Gasteiger partial charge in [-0.15, -0.1) is 0 Å². The molecule has 19 heavy (non-hydrogen) atoms. The Balaban J connectivity index is 2.61. The molecule has 4 heteroatoms. The zero-order valence-electron chi connectivity index (χ0n) is 11.0. The minimum absolute atomic E-state index is 0.318. The zero-order valence-corrected chi connectivity index (χ0v) is 11.0. The van der Waals surface area contributed by atoms with Crippen LogP contribution in [0.4, 0.5) is 5.69 Å². The van der Waals surface area contributed by atoms with Crippen LogP contribution in [0.1, 0.15) is 22.8 Å². The Labute approximate surface area is 112 Å². The predicted molar refractivity (Wildman–Crippen MR) is 74.8 cm³/mol. The highest BCUT2D eigenvalue weighted by Gasteiger charge is 2.18. The summed E-state index contributed by atoms with van der Waals surface area (Å²) in [5, 5.41) is 0. The van der Waals surface area contributed by atoms with E-state index in [0.717, 1.165) is 16.7 Å². The lowest BCUT2D eigenvalue weighted by atomic mass is 9.97. The van der Waals surface area contributed by atoms with Gasteiger partial charge in [0.05, 0.1) is 12.2 Å². The smallest absolute Gasteiger partial charge is 0.340 e. The number of carbonyl (C=O) groups excluding carboxylic acids is 1. The van der Waals surface area contributed by atoms with Crippen LogP contribution in [0.3, 0.4) is 0 Å². The van der Waals surface area contributed by atoms with E-state index in [1.165, 1.54) is 0 Å². The van der Waals surface area contributed by atoms with Gasteiger partial charge < -0.3 is 10.5 Å². The molecule has 4 nitrogen and oxygen atoms in total. The lowest BCUT2D eigenvalue weighted by Crippen LogP contribution is -2.11. The third-order valence-corrected chi connectivity index (χ3v) is 2.92.